The minimum atomic E-state index is 0.0603. The smallest absolute Gasteiger partial charge is 0.270 e. The predicted molar refractivity (Wildman–Crippen MR) is 76.7 cm³/mol. The molecule has 2 aromatic rings. The lowest BCUT2D eigenvalue weighted by Gasteiger charge is -2.15. The number of fused-ring (bicyclic) bond motifs is 1. The summed E-state index contributed by atoms with van der Waals surface area (Å²) in [6.45, 7) is 1.58. The minimum absolute atomic E-state index is 0.0603. The number of nitrogens with one attached hydrogen (secondary N) is 2. The van der Waals surface area contributed by atoms with Crippen LogP contribution in [0.1, 0.15) is 16.9 Å². The number of hydrogen-bond donors (Lipinski definition) is 2. The standard InChI is InChI=1S/C14H16ClN3O/c1-16-11-4-5-18(8-11)14(19)13-7-9-6-10(15)2-3-12(9)17-13/h2-3,6-7,11,16-17H,4-5,8H2,1H3. The van der Waals surface area contributed by atoms with Crippen LogP contribution in [-0.2, 0) is 0 Å². The molecule has 0 bridgehead atoms. The van der Waals surface area contributed by atoms with Gasteiger partial charge < -0.3 is 15.2 Å². The van der Waals surface area contributed by atoms with E-state index in [1.54, 1.807) is 0 Å². The van der Waals surface area contributed by atoms with Gasteiger partial charge in [0.05, 0.1) is 0 Å². The maximum atomic E-state index is 12.4. The molecule has 19 heavy (non-hydrogen) atoms. The maximum absolute atomic E-state index is 12.4. The number of carbonyl (C=O) groups excluding carboxylic acids is 1. The lowest BCUT2D eigenvalue weighted by molar-refractivity contribution is 0.0785. The topological polar surface area (TPSA) is 48.1 Å². The van der Waals surface area contributed by atoms with Gasteiger partial charge in [-0.2, -0.15) is 0 Å². The molecule has 1 amide bonds. The summed E-state index contributed by atoms with van der Waals surface area (Å²) in [6.07, 6.45) is 1.01. The number of amides is 1. The van der Waals surface area contributed by atoms with Gasteiger partial charge in [-0.3, -0.25) is 4.79 Å². The molecule has 1 fully saturated rings. The number of benzene rings is 1. The molecule has 0 spiro atoms. The molecule has 2 heterocycles. The van der Waals surface area contributed by atoms with Crippen molar-refractivity contribution in [1.29, 1.82) is 0 Å². The van der Waals surface area contributed by atoms with Crippen molar-refractivity contribution in [2.45, 2.75) is 12.5 Å². The molecule has 4 nitrogen and oxygen atoms in total. The number of halogens is 1. The highest BCUT2D eigenvalue weighted by Gasteiger charge is 2.26. The average Bonchev–Trinajstić information content (AvgIpc) is 3.03. The number of aromatic amines is 1. The molecule has 1 aliphatic heterocycles. The maximum Gasteiger partial charge on any atom is 0.270 e. The summed E-state index contributed by atoms with van der Waals surface area (Å²) >= 11 is 5.96. The van der Waals surface area contributed by atoms with Crippen LogP contribution in [0.2, 0.25) is 5.02 Å². The van der Waals surface area contributed by atoms with Gasteiger partial charge in [-0.1, -0.05) is 11.6 Å². The quantitative estimate of drug-likeness (QED) is 0.885. The number of rotatable bonds is 2. The van der Waals surface area contributed by atoms with Crippen LogP contribution in [0.3, 0.4) is 0 Å². The lowest BCUT2D eigenvalue weighted by atomic mass is 10.2. The molecule has 1 unspecified atom stereocenters. The summed E-state index contributed by atoms with van der Waals surface area (Å²) in [6, 6.07) is 7.86. The monoisotopic (exact) mass is 277 g/mol. The van der Waals surface area contributed by atoms with Crippen LogP contribution in [0.5, 0.6) is 0 Å². The molecule has 2 N–H and O–H groups in total. The summed E-state index contributed by atoms with van der Waals surface area (Å²) in [7, 11) is 1.93. The van der Waals surface area contributed by atoms with Crippen molar-refractivity contribution in [3.8, 4) is 0 Å². The van der Waals surface area contributed by atoms with E-state index < -0.39 is 0 Å². The number of likely N-dealkylation sites (N-methyl/N-ethyl adjacent to an activating group) is 1. The van der Waals surface area contributed by atoms with E-state index in [4.69, 9.17) is 11.6 Å². The van der Waals surface area contributed by atoms with Gasteiger partial charge in [-0.05, 0) is 37.7 Å². The van der Waals surface area contributed by atoms with Crippen molar-refractivity contribution < 1.29 is 4.79 Å². The van der Waals surface area contributed by atoms with Crippen molar-refractivity contribution >= 4 is 28.4 Å². The molecule has 0 radical (unpaired) electrons. The van der Waals surface area contributed by atoms with Crippen LogP contribution in [0.25, 0.3) is 10.9 Å². The van der Waals surface area contributed by atoms with E-state index in [9.17, 15) is 4.79 Å². The van der Waals surface area contributed by atoms with Crippen LogP contribution >= 0.6 is 11.6 Å². The SMILES string of the molecule is CNC1CCN(C(=O)c2cc3cc(Cl)ccc3[nH]2)C1. The minimum Gasteiger partial charge on any atom is -0.351 e. The first-order valence-electron chi connectivity index (χ1n) is 6.42. The lowest BCUT2D eigenvalue weighted by Crippen LogP contribution is -2.33. The van der Waals surface area contributed by atoms with Crippen molar-refractivity contribution in [2.75, 3.05) is 20.1 Å². The Morgan fingerprint density at radius 2 is 2.32 bits per heavy atom. The van der Waals surface area contributed by atoms with Gasteiger partial charge in [-0.15, -0.1) is 0 Å². The number of carbonyl (C=O) groups is 1. The molecule has 3 rings (SSSR count). The highest BCUT2D eigenvalue weighted by atomic mass is 35.5. The van der Waals surface area contributed by atoms with Crippen molar-refractivity contribution in [1.82, 2.24) is 15.2 Å². The van der Waals surface area contributed by atoms with Gasteiger partial charge in [-0.25, -0.2) is 0 Å². The molecular formula is C14H16ClN3O. The highest BCUT2D eigenvalue weighted by Crippen LogP contribution is 2.21. The first-order chi connectivity index (χ1) is 9.17. The summed E-state index contributed by atoms with van der Waals surface area (Å²) < 4.78 is 0. The molecule has 5 heteroatoms. The Labute approximate surface area is 116 Å². The zero-order valence-electron chi connectivity index (χ0n) is 10.7. The van der Waals surface area contributed by atoms with Gasteiger partial charge in [0.25, 0.3) is 5.91 Å². The van der Waals surface area contributed by atoms with Crippen molar-refractivity contribution in [3.05, 3.63) is 35.0 Å². The number of aromatic nitrogens is 1. The van der Waals surface area contributed by atoms with E-state index in [0.717, 1.165) is 30.4 Å². The summed E-state index contributed by atoms with van der Waals surface area (Å²) in [5, 5.41) is 4.87. The van der Waals surface area contributed by atoms with Crippen LogP contribution < -0.4 is 5.32 Å². The second-order valence-electron chi connectivity index (χ2n) is 4.94. The molecule has 0 aliphatic carbocycles. The molecule has 1 aromatic heterocycles. The number of H-pyrrole nitrogens is 1. The van der Waals surface area contributed by atoms with Crippen LogP contribution in [0.15, 0.2) is 24.3 Å². The predicted octanol–water partition coefficient (Wildman–Crippen LogP) is 2.26. The van der Waals surface area contributed by atoms with E-state index in [2.05, 4.69) is 10.3 Å². The normalized spacial score (nSPS) is 19.3. The molecule has 1 aromatic carbocycles. The van der Waals surface area contributed by atoms with Gasteiger partial charge in [0.1, 0.15) is 5.69 Å². The summed E-state index contributed by atoms with van der Waals surface area (Å²) in [4.78, 5) is 17.4. The van der Waals surface area contributed by atoms with E-state index in [1.165, 1.54) is 0 Å². The van der Waals surface area contributed by atoms with Gasteiger partial charge in [0, 0.05) is 35.1 Å². The Hall–Kier alpha value is -1.52. The fourth-order valence-electron chi connectivity index (χ4n) is 2.57. The number of likely N-dealkylation sites (tertiary alicyclic amines) is 1. The van der Waals surface area contributed by atoms with Gasteiger partial charge in [0.2, 0.25) is 0 Å². The number of nitrogens with zero attached hydrogens (tertiary/aromatic N) is 1. The second kappa shape index (κ2) is 4.87. The van der Waals surface area contributed by atoms with E-state index >= 15 is 0 Å². The Kier molecular flexibility index (Phi) is 3.21. The van der Waals surface area contributed by atoms with Gasteiger partial charge in [0.15, 0.2) is 0 Å². The Morgan fingerprint density at radius 1 is 1.47 bits per heavy atom. The molecule has 100 valence electrons. The third kappa shape index (κ3) is 2.33. The fourth-order valence-corrected chi connectivity index (χ4v) is 2.75. The third-order valence-corrected chi connectivity index (χ3v) is 3.93. The van der Waals surface area contributed by atoms with E-state index in [0.29, 0.717) is 16.8 Å². The molecule has 1 saturated heterocycles. The zero-order chi connectivity index (χ0) is 13.4. The van der Waals surface area contributed by atoms with Crippen molar-refractivity contribution in [3.63, 3.8) is 0 Å². The number of hydrogen-bond acceptors (Lipinski definition) is 2. The first-order valence-corrected chi connectivity index (χ1v) is 6.80. The van der Waals surface area contributed by atoms with Crippen molar-refractivity contribution in [2.24, 2.45) is 0 Å². The first kappa shape index (κ1) is 12.5. The Morgan fingerprint density at radius 3 is 3.05 bits per heavy atom. The zero-order valence-corrected chi connectivity index (χ0v) is 11.5. The average molecular weight is 278 g/mol. The fraction of sp³-hybridized carbons (Fsp3) is 0.357. The largest absolute Gasteiger partial charge is 0.351 e. The Balaban J connectivity index is 1.86. The van der Waals surface area contributed by atoms with Crippen LogP contribution in [0.4, 0.5) is 0 Å². The molecular weight excluding hydrogens is 262 g/mol. The van der Waals surface area contributed by atoms with E-state index in [1.807, 2.05) is 36.2 Å². The molecule has 0 saturated carbocycles. The highest BCUT2D eigenvalue weighted by molar-refractivity contribution is 6.31. The molecule has 1 aliphatic rings. The van der Waals surface area contributed by atoms with Gasteiger partial charge >= 0.3 is 0 Å². The summed E-state index contributed by atoms with van der Waals surface area (Å²) in [5.41, 5.74) is 1.58. The Bertz CT molecular complexity index is 622. The van der Waals surface area contributed by atoms with E-state index in [-0.39, 0.29) is 5.91 Å². The van der Waals surface area contributed by atoms with Crippen LogP contribution in [0, 0.1) is 0 Å². The molecule has 1 atom stereocenters. The van der Waals surface area contributed by atoms with Crippen LogP contribution in [-0.4, -0.2) is 42.0 Å². The second-order valence-corrected chi connectivity index (χ2v) is 5.38. The third-order valence-electron chi connectivity index (χ3n) is 3.70. The summed E-state index contributed by atoms with van der Waals surface area (Å²) in [5.74, 6) is 0.0603.